The van der Waals surface area contributed by atoms with E-state index in [0.717, 1.165) is 18.1 Å². The van der Waals surface area contributed by atoms with Crippen molar-refractivity contribution >= 4 is 16.9 Å². The second kappa shape index (κ2) is 11.3. The third kappa shape index (κ3) is 6.32. The van der Waals surface area contributed by atoms with E-state index in [1.807, 2.05) is 12.1 Å². The van der Waals surface area contributed by atoms with E-state index in [1.54, 1.807) is 24.3 Å². The third-order valence-corrected chi connectivity index (χ3v) is 5.97. The summed E-state index contributed by atoms with van der Waals surface area (Å²) in [5.41, 5.74) is 3.52. The van der Waals surface area contributed by atoms with Crippen LogP contribution in [0.2, 0.25) is 0 Å². The van der Waals surface area contributed by atoms with Gasteiger partial charge >= 0.3 is 0 Å². The van der Waals surface area contributed by atoms with Gasteiger partial charge in [-0.25, -0.2) is 8.78 Å². The van der Waals surface area contributed by atoms with Gasteiger partial charge in [-0.3, -0.25) is 4.79 Å². The van der Waals surface area contributed by atoms with Gasteiger partial charge in [0.05, 0.1) is 17.7 Å². The lowest BCUT2D eigenvalue weighted by Crippen LogP contribution is -2.48. The molecular weight excluding hydrogens is 450 g/mol. The van der Waals surface area contributed by atoms with Crippen molar-refractivity contribution in [1.29, 1.82) is 0 Å². The normalized spacial score (nSPS) is 13.0. The minimum atomic E-state index is -1.02. The summed E-state index contributed by atoms with van der Waals surface area (Å²) in [6.07, 6.45) is 1.32. The number of para-hydroxylation sites is 1. The highest BCUT2D eigenvalue weighted by molar-refractivity contribution is 6.06. The monoisotopic (exact) mass is 478 g/mol. The Morgan fingerprint density at radius 1 is 0.971 bits per heavy atom. The molecule has 0 spiro atoms. The SMILES string of the molecule is CCc1cccc(CNC[C@H](O)[C@H](Cc2cc(F)cc(F)c2)NC(=O)c2coc3ccccc23)c1. The molecule has 0 aliphatic carbocycles. The molecule has 1 aromatic heterocycles. The molecule has 4 aromatic rings. The average Bonchev–Trinajstić information content (AvgIpc) is 3.27. The predicted molar refractivity (Wildman–Crippen MR) is 131 cm³/mol. The minimum absolute atomic E-state index is 0.0460. The standard InChI is InChI=1S/C28H28F2N2O3/c1-2-18-6-5-7-19(10-18)15-31-16-26(33)25(13-20-11-21(29)14-22(30)12-20)32-28(34)24-17-35-27-9-4-3-8-23(24)27/h3-12,14,17,25-26,31,33H,2,13,15-16H2,1H3,(H,32,34)/t25-,26-/m0/s1. The average molecular weight is 479 g/mol. The van der Waals surface area contributed by atoms with E-state index < -0.39 is 29.7 Å². The summed E-state index contributed by atoms with van der Waals surface area (Å²) in [7, 11) is 0. The van der Waals surface area contributed by atoms with E-state index in [4.69, 9.17) is 4.42 Å². The van der Waals surface area contributed by atoms with Crippen LogP contribution in [0.15, 0.2) is 77.4 Å². The first-order chi connectivity index (χ1) is 16.9. The van der Waals surface area contributed by atoms with Crippen molar-refractivity contribution in [2.45, 2.75) is 38.5 Å². The molecule has 0 unspecified atom stereocenters. The Hall–Kier alpha value is -3.55. The Bertz CT molecular complexity index is 1280. The highest BCUT2D eigenvalue weighted by Gasteiger charge is 2.24. The Labute approximate surface area is 202 Å². The molecule has 1 amide bonds. The molecule has 5 nitrogen and oxygen atoms in total. The number of fused-ring (bicyclic) bond motifs is 1. The first kappa shape index (κ1) is 24.6. The quantitative estimate of drug-likeness (QED) is 0.307. The largest absolute Gasteiger partial charge is 0.463 e. The summed E-state index contributed by atoms with van der Waals surface area (Å²) >= 11 is 0. The molecular formula is C28H28F2N2O3. The topological polar surface area (TPSA) is 74.5 Å². The van der Waals surface area contributed by atoms with Crippen LogP contribution in [0.1, 0.15) is 34.0 Å². The van der Waals surface area contributed by atoms with Crippen LogP contribution in [-0.2, 0) is 19.4 Å². The molecule has 0 aliphatic rings. The maximum atomic E-state index is 13.8. The van der Waals surface area contributed by atoms with Crippen molar-refractivity contribution in [1.82, 2.24) is 10.6 Å². The van der Waals surface area contributed by atoms with E-state index in [9.17, 15) is 18.7 Å². The number of carbonyl (C=O) groups excluding carboxylic acids is 1. The molecule has 0 saturated heterocycles. The Morgan fingerprint density at radius 3 is 2.49 bits per heavy atom. The summed E-state index contributed by atoms with van der Waals surface area (Å²) in [6.45, 7) is 2.79. The van der Waals surface area contributed by atoms with Crippen molar-refractivity contribution in [2.75, 3.05) is 6.54 Å². The predicted octanol–water partition coefficient (Wildman–Crippen LogP) is 4.77. The van der Waals surface area contributed by atoms with Crippen LogP contribution in [0.5, 0.6) is 0 Å². The maximum absolute atomic E-state index is 13.8. The van der Waals surface area contributed by atoms with Crippen LogP contribution in [0, 0.1) is 11.6 Å². The van der Waals surface area contributed by atoms with Crippen LogP contribution in [-0.4, -0.2) is 29.7 Å². The molecule has 7 heteroatoms. The van der Waals surface area contributed by atoms with Crippen molar-refractivity contribution < 1.29 is 23.1 Å². The number of rotatable bonds is 10. The Kier molecular flexibility index (Phi) is 7.90. The number of hydrogen-bond donors (Lipinski definition) is 3. The van der Waals surface area contributed by atoms with Gasteiger partial charge in [-0.05, 0) is 47.7 Å². The summed E-state index contributed by atoms with van der Waals surface area (Å²) in [6, 6.07) is 17.7. The number of aryl methyl sites for hydroxylation is 1. The van der Waals surface area contributed by atoms with Crippen LogP contribution >= 0.6 is 0 Å². The molecule has 0 saturated carbocycles. The zero-order chi connectivity index (χ0) is 24.8. The van der Waals surface area contributed by atoms with Gasteiger partial charge < -0.3 is 20.2 Å². The van der Waals surface area contributed by atoms with Crippen LogP contribution in [0.4, 0.5) is 8.78 Å². The van der Waals surface area contributed by atoms with Gasteiger partial charge in [0.15, 0.2) is 0 Å². The van der Waals surface area contributed by atoms with Gasteiger partial charge in [-0.1, -0.05) is 49.4 Å². The zero-order valence-corrected chi connectivity index (χ0v) is 19.4. The summed E-state index contributed by atoms with van der Waals surface area (Å²) < 4.78 is 33.0. The van der Waals surface area contributed by atoms with Gasteiger partial charge in [0.1, 0.15) is 23.5 Å². The van der Waals surface area contributed by atoms with Gasteiger partial charge in [0.2, 0.25) is 0 Å². The lowest BCUT2D eigenvalue weighted by Gasteiger charge is -2.25. The van der Waals surface area contributed by atoms with Crippen molar-refractivity contribution in [3.63, 3.8) is 0 Å². The fourth-order valence-corrected chi connectivity index (χ4v) is 4.13. The number of halogens is 2. The molecule has 1 heterocycles. The summed E-state index contributed by atoms with van der Waals surface area (Å²) in [5.74, 6) is -1.87. The number of carbonyl (C=O) groups is 1. The molecule has 3 aromatic carbocycles. The Balaban J connectivity index is 1.49. The molecule has 0 bridgehead atoms. The highest BCUT2D eigenvalue weighted by Crippen LogP contribution is 2.21. The molecule has 35 heavy (non-hydrogen) atoms. The minimum Gasteiger partial charge on any atom is -0.463 e. The van der Waals surface area contributed by atoms with E-state index in [-0.39, 0.29) is 13.0 Å². The summed E-state index contributed by atoms with van der Waals surface area (Å²) in [4.78, 5) is 13.1. The first-order valence-corrected chi connectivity index (χ1v) is 11.6. The van der Waals surface area contributed by atoms with Crippen LogP contribution in [0.3, 0.4) is 0 Å². The van der Waals surface area contributed by atoms with Crippen molar-refractivity contribution in [2.24, 2.45) is 0 Å². The molecule has 0 aliphatic heterocycles. The number of aliphatic hydroxyl groups is 1. The number of amides is 1. The maximum Gasteiger partial charge on any atom is 0.255 e. The van der Waals surface area contributed by atoms with E-state index >= 15 is 0 Å². The van der Waals surface area contributed by atoms with Gasteiger partial charge in [-0.2, -0.15) is 0 Å². The molecule has 4 rings (SSSR count). The van der Waals surface area contributed by atoms with Crippen LogP contribution in [0.25, 0.3) is 11.0 Å². The molecule has 3 N–H and O–H groups in total. The fourth-order valence-electron chi connectivity index (χ4n) is 4.13. The van der Waals surface area contributed by atoms with Gasteiger partial charge in [-0.15, -0.1) is 0 Å². The number of benzene rings is 3. The first-order valence-electron chi connectivity index (χ1n) is 11.6. The lowest BCUT2D eigenvalue weighted by atomic mass is 10.00. The fraction of sp³-hybridized carbons (Fsp3) is 0.250. The van der Waals surface area contributed by atoms with Crippen molar-refractivity contribution in [3.05, 3.63) is 107 Å². The van der Waals surface area contributed by atoms with E-state index in [0.29, 0.717) is 28.6 Å². The highest BCUT2D eigenvalue weighted by atomic mass is 19.1. The van der Waals surface area contributed by atoms with Crippen molar-refractivity contribution in [3.8, 4) is 0 Å². The number of aliphatic hydroxyl groups excluding tert-OH is 1. The second-order valence-corrected chi connectivity index (χ2v) is 8.58. The number of hydrogen-bond acceptors (Lipinski definition) is 4. The van der Waals surface area contributed by atoms with E-state index in [1.165, 1.54) is 24.0 Å². The number of nitrogens with one attached hydrogen (secondary N) is 2. The summed E-state index contributed by atoms with van der Waals surface area (Å²) in [5, 5.41) is 17.6. The molecule has 0 radical (unpaired) electrons. The number of furan rings is 1. The molecule has 2 atom stereocenters. The van der Waals surface area contributed by atoms with Gasteiger partial charge in [0.25, 0.3) is 5.91 Å². The zero-order valence-electron chi connectivity index (χ0n) is 19.4. The van der Waals surface area contributed by atoms with E-state index in [2.05, 4.69) is 29.7 Å². The molecule has 182 valence electrons. The lowest BCUT2D eigenvalue weighted by molar-refractivity contribution is 0.0830. The second-order valence-electron chi connectivity index (χ2n) is 8.58. The Morgan fingerprint density at radius 2 is 1.71 bits per heavy atom. The smallest absolute Gasteiger partial charge is 0.255 e. The van der Waals surface area contributed by atoms with Crippen LogP contribution < -0.4 is 10.6 Å². The third-order valence-electron chi connectivity index (χ3n) is 5.97. The van der Waals surface area contributed by atoms with Gasteiger partial charge in [0, 0.05) is 24.5 Å². The molecule has 0 fully saturated rings.